The van der Waals surface area contributed by atoms with E-state index in [0.29, 0.717) is 10.9 Å². The maximum atomic E-state index is 12.1. The zero-order chi connectivity index (χ0) is 14.4. The standard InChI is InChI=1S/C14H17N3OS2/c1-2-3-4-10-5-7-11(8-6-10)12(18)9-19-14-17-16-13(15)20-14/h5-8H,2-4,9H2,1H3,(H2,15,16). The number of nitrogens with two attached hydrogens (primary N) is 1. The largest absolute Gasteiger partial charge is 0.374 e. The summed E-state index contributed by atoms with van der Waals surface area (Å²) in [5, 5.41) is 8.04. The summed E-state index contributed by atoms with van der Waals surface area (Å²) < 4.78 is 0.732. The number of rotatable bonds is 7. The number of aryl methyl sites for hydroxylation is 1. The van der Waals surface area contributed by atoms with Crippen LogP contribution in [0.4, 0.5) is 5.13 Å². The average molecular weight is 307 g/mol. The number of thioether (sulfide) groups is 1. The van der Waals surface area contributed by atoms with Crippen LogP contribution in [0.25, 0.3) is 0 Å². The van der Waals surface area contributed by atoms with Gasteiger partial charge in [0.1, 0.15) is 0 Å². The maximum absolute atomic E-state index is 12.1. The Morgan fingerprint density at radius 1 is 1.30 bits per heavy atom. The van der Waals surface area contributed by atoms with Crippen LogP contribution in [0.5, 0.6) is 0 Å². The number of nitrogen functional groups attached to an aromatic ring is 1. The average Bonchev–Trinajstić information content (AvgIpc) is 2.89. The van der Waals surface area contributed by atoms with Gasteiger partial charge < -0.3 is 5.73 Å². The van der Waals surface area contributed by atoms with E-state index in [1.165, 1.54) is 41.5 Å². The van der Waals surface area contributed by atoms with Crippen molar-refractivity contribution in [1.29, 1.82) is 0 Å². The highest BCUT2D eigenvalue weighted by molar-refractivity contribution is 8.01. The van der Waals surface area contributed by atoms with Gasteiger partial charge in [0, 0.05) is 5.56 Å². The molecule has 0 saturated heterocycles. The molecule has 0 unspecified atom stereocenters. The van der Waals surface area contributed by atoms with Crippen LogP contribution in [-0.4, -0.2) is 21.7 Å². The van der Waals surface area contributed by atoms with Crippen LogP contribution in [0.15, 0.2) is 28.6 Å². The van der Waals surface area contributed by atoms with Gasteiger partial charge in [0.15, 0.2) is 10.1 Å². The second kappa shape index (κ2) is 7.40. The number of carbonyl (C=O) groups excluding carboxylic acids is 1. The smallest absolute Gasteiger partial charge is 0.203 e. The van der Waals surface area contributed by atoms with Gasteiger partial charge in [-0.1, -0.05) is 60.7 Å². The van der Waals surface area contributed by atoms with Crippen molar-refractivity contribution in [2.24, 2.45) is 0 Å². The van der Waals surface area contributed by atoms with E-state index in [2.05, 4.69) is 17.1 Å². The minimum Gasteiger partial charge on any atom is -0.374 e. The van der Waals surface area contributed by atoms with Crippen LogP contribution in [0.1, 0.15) is 35.7 Å². The number of hydrogen-bond acceptors (Lipinski definition) is 6. The monoisotopic (exact) mass is 307 g/mol. The molecular weight excluding hydrogens is 290 g/mol. The fourth-order valence-electron chi connectivity index (χ4n) is 1.73. The Hall–Kier alpha value is -1.40. The van der Waals surface area contributed by atoms with E-state index < -0.39 is 0 Å². The lowest BCUT2D eigenvalue weighted by atomic mass is 10.1. The fraction of sp³-hybridized carbons (Fsp3) is 0.357. The van der Waals surface area contributed by atoms with E-state index in [9.17, 15) is 4.79 Å². The molecule has 0 radical (unpaired) electrons. The van der Waals surface area contributed by atoms with Crippen molar-refractivity contribution in [1.82, 2.24) is 10.2 Å². The molecular formula is C14H17N3OS2. The molecule has 6 heteroatoms. The summed E-state index contributed by atoms with van der Waals surface area (Å²) in [6.45, 7) is 2.18. The molecule has 1 aromatic carbocycles. The predicted octanol–water partition coefficient (Wildman–Crippen LogP) is 3.44. The maximum Gasteiger partial charge on any atom is 0.203 e. The van der Waals surface area contributed by atoms with E-state index in [-0.39, 0.29) is 5.78 Å². The molecule has 1 heterocycles. The molecule has 0 spiro atoms. The lowest BCUT2D eigenvalue weighted by molar-refractivity contribution is 0.102. The van der Waals surface area contributed by atoms with Gasteiger partial charge in [0.05, 0.1) is 5.75 Å². The lowest BCUT2D eigenvalue weighted by Gasteiger charge is -2.02. The van der Waals surface area contributed by atoms with E-state index in [1.807, 2.05) is 24.3 Å². The molecule has 2 N–H and O–H groups in total. The van der Waals surface area contributed by atoms with E-state index in [1.54, 1.807) is 0 Å². The number of unbranched alkanes of at least 4 members (excludes halogenated alkanes) is 1. The van der Waals surface area contributed by atoms with Gasteiger partial charge >= 0.3 is 0 Å². The normalized spacial score (nSPS) is 10.7. The van der Waals surface area contributed by atoms with Gasteiger partial charge in [0.2, 0.25) is 5.13 Å². The van der Waals surface area contributed by atoms with Gasteiger partial charge in [-0.2, -0.15) is 0 Å². The summed E-state index contributed by atoms with van der Waals surface area (Å²) in [7, 11) is 0. The molecule has 0 aliphatic heterocycles. The van der Waals surface area contributed by atoms with Crippen molar-refractivity contribution >= 4 is 34.0 Å². The quantitative estimate of drug-likeness (QED) is 0.627. The predicted molar refractivity (Wildman–Crippen MR) is 84.4 cm³/mol. The Balaban J connectivity index is 1.88. The highest BCUT2D eigenvalue weighted by atomic mass is 32.2. The zero-order valence-electron chi connectivity index (χ0n) is 11.3. The third-order valence-corrected chi connectivity index (χ3v) is 4.73. The highest BCUT2D eigenvalue weighted by Crippen LogP contribution is 2.24. The van der Waals surface area contributed by atoms with Crippen LogP contribution >= 0.6 is 23.1 Å². The molecule has 20 heavy (non-hydrogen) atoms. The Morgan fingerprint density at radius 3 is 2.65 bits per heavy atom. The summed E-state index contributed by atoms with van der Waals surface area (Å²) >= 11 is 2.68. The number of carbonyl (C=O) groups is 1. The number of Topliss-reactive ketones (excluding diaryl/α,β-unsaturated/α-hetero) is 1. The van der Waals surface area contributed by atoms with Crippen LogP contribution in [-0.2, 0) is 6.42 Å². The highest BCUT2D eigenvalue weighted by Gasteiger charge is 2.09. The SMILES string of the molecule is CCCCc1ccc(C(=O)CSc2nnc(N)s2)cc1. The zero-order valence-corrected chi connectivity index (χ0v) is 13.0. The van der Waals surface area contributed by atoms with E-state index in [0.717, 1.165) is 16.3 Å². The van der Waals surface area contributed by atoms with Crippen LogP contribution < -0.4 is 5.73 Å². The number of anilines is 1. The summed E-state index contributed by atoms with van der Waals surface area (Å²) in [5.74, 6) is 0.467. The van der Waals surface area contributed by atoms with Gasteiger partial charge in [0.25, 0.3) is 0 Å². The van der Waals surface area contributed by atoms with Crippen molar-refractivity contribution in [2.45, 2.75) is 30.5 Å². The second-order valence-electron chi connectivity index (χ2n) is 4.42. The van der Waals surface area contributed by atoms with Gasteiger partial charge in [-0.15, -0.1) is 10.2 Å². The molecule has 0 atom stereocenters. The number of aromatic nitrogens is 2. The first kappa shape index (κ1) is 15.0. The third-order valence-electron chi connectivity index (χ3n) is 2.84. The first-order valence-corrected chi connectivity index (χ1v) is 8.33. The van der Waals surface area contributed by atoms with Gasteiger partial charge in [-0.05, 0) is 18.4 Å². The number of benzene rings is 1. The molecule has 2 rings (SSSR count). The number of ketones is 1. The van der Waals surface area contributed by atoms with Crippen LogP contribution in [0, 0.1) is 0 Å². The molecule has 4 nitrogen and oxygen atoms in total. The van der Waals surface area contributed by atoms with Crippen molar-refractivity contribution in [2.75, 3.05) is 11.5 Å². The Kier molecular flexibility index (Phi) is 5.55. The summed E-state index contributed by atoms with van der Waals surface area (Å²) in [6, 6.07) is 7.89. The van der Waals surface area contributed by atoms with Crippen LogP contribution in [0.2, 0.25) is 0 Å². The molecule has 0 aliphatic rings. The minimum atomic E-state index is 0.103. The summed E-state index contributed by atoms with van der Waals surface area (Å²) in [5.41, 5.74) is 7.53. The van der Waals surface area contributed by atoms with E-state index in [4.69, 9.17) is 5.73 Å². The molecule has 0 bridgehead atoms. The molecule has 2 aromatic rings. The third kappa shape index (κ3) is 4.31. The molecule has 1 aromatic heterocycles. The van der Waals surface area contributed by atoms with E-state index >= 15 is 0 Å². The Morgan fingerprint density at radius 2 is 2.05 bits per heavy atom. The summed E-state index contributed by atoms with van der Waals surface area (Å²) in [4.78, 5) is 12.1. The minimum absolute atomic E-state index is 0.103. The number of hydrogen-bond donors (Lipinski definition) is 1. The second-order valence-corrected chi connectivity index (χ2v) is 6.65. The van der Waals surface area contributed by atoms with Crippen molar-refractivity contribution in [3.8, 4) is 0 Å². The molecule has 0 amide bonds. The Bertz CT molecular complexity index is 566. The first-order chi connectivity index (χ1) is 9.69. The van der Waals surface area contributed by atoms with Crippen molar-refractivity contribution < 1.29 is 4.79 Å². The topological polar surface area (TPSA) is 68.9 Å². The van der Waals surface area contributed by atoms with Crippen LogP contribution in [0.3, 0.4) is 0 Å². The lowest BCUT2D eigenvalue weighted by Crippen LogP contribution is -2.02. The number of nitrogens with zero attached hydrogens (tertiary/aromatic N) is 2. The van der Waals surface area contributed by atoms with Gasteiger partial charge in [-0.25, -0.2) is 0 Å². The summed E-state index contributed by atoms with van der Waals surface area (Å²) in [6.07, 6.45) is 3.44. The van der Waals surface area contributed by atoms with Gasteiger partial charge in [-0.3, -0.25) is 4.79 Å². The Labute approximate surface area is 126 Å². The molecule has 0 saturated carbocycles. The molecule has 0 aliphatic carbocycles. The molecule has 0 fully saturated rings. The fourth-order valence-corrected chi connectivity index (χ4v) is 3.26. The molecule has 106 valence electrons. The first-order valence-electron chi connectivity index (χ1n) is 6.53. The van der Waals surface area contributed by atoms with Crippen molar-refractivity contribution in [3.05, 3.63) is 35.4 Å². The van der Waals surface area contributed by atoms with Crippen molar-refractivity contribution in [3.63, 3.8) is 0 Å².